The molecule has 2 aromatic rings. The number of rotatable bonds is 7. The lowest BCUT2D eigenvalue weighted by atomic mass is 10.1. The Labute approximate surface area is 168 Å². The van der Waals surface area contributed by atoms with Gasteiger partial charge in [0.05, 0.1) is 0 Å². The summed E-state index contributed by atoms with van der Waals surface area (Å²) in [4.78, 5) is 23.7. The summed E-state index contributed by atoms with van der Waals surface area (Å²) in [7, 11) is 0. The first kappa shape index (κ1) is 21.5. The molecule has 7 heteroatoms. The van der Waals surface area contributed by atoms with Crippen LogP contribution in [0.1, 0.15) is 17.5 Å². The fourth-order valence-electron chi connectivity index (χ4n) is 2.19. The number of amides is 2. The second-order valence-corrected chi connectivity index (χ2v) is 6.28. The number of carbonyl (C=O) groups excluding carboxylic acids is 2. The third-order valence-electron chi connectivity index (χ3n) is 3.72. The Morgan fingerprint density at radius 3 is 2.07 bits per heavy atom. The Hall–Kier alpha value is -2.85. The molecule has 0 aliphatic rings. The molecule has 6 nitrogen and oxygen atoms in total. The SMILES string of the molecule is O=C(NCCCCl)[C@H](O)[C@@H](O)C(=O)Nc1ccc(C#Cc2ccccc2)cc1. The van der Waals surface area contributed by atoms with Gasteiger partial charge in [0, 0.05) is 29.2 Å². The maximum atomic E-state index is 12.0. The van der Waals surface area contributed by atoms with E-state index in [4.69, 9.17) is 11.6 Å². The van der Waals surface area contributed by atoms with Crippen molar-refractivity contribution in [2.45, 2.75) is 18.6 Å². The minimum atomic E-state index is -1.89. The van der Waals surface area contributed by atoms with E-state index < -0.39 is 24.0 Å². The van der Waals surface area contributed by atoms with Crippen LogP contribution in [0.15, 0.2) is 54.6 Å². The molecule has 0 aliphatic carbocycles. The van der Waals surface area contributed by atoms with Crippen molar-refractivity contribution in [3.8, 4) is 11.8 Å². The molecule has 0 saturated carbocycles. The van der Waals surface area contributed by atoms with E-state index in [-0.39, 0.29) is 6.54 Å². The summed E-state index contributed by atoms with van der Waals surface area (Å²) < 4.78 is 0. The number of carbonyl (C=O) groups is 2. The normalized spacial score (nSPS) is 12.2. The first-order chi connectivity index (χ1) is 13.5. The second kappa shape index (κ2) is 11.1. The van der Waals surface area contributed by atoms with Gasteiger partial charge in [-0.25, -0.2) is 0 Å². The van der Waals surface area contributed by atoms with E-state index in [1.807, 2.05) is 30.3 Å². The maximum absolute atomic E-state index is 12.0. The van der Waals surface area contributed by atoms with Gasteiger partial charge in [-0.2, -0.15) is 0 Å². The highest BCUT2D eigenvalue weighted by atomic mass is 35.5. The number of hydrogen-bond donors (Lipinski definition) is 4. The molecule has 0 unspecified atom stereocenters. The lowest BCUT2D eigenvalue weighted by Crippen LogP contribution is -2.47. The first-order valence-electron chi connectivity index (χ1n) is 8.69. The van der Waals surface area contributed by atoms with Crippen LogP contribution in [0.25, 0.3) is 0 Å². The fraction of sp³-hybridized carbons (Fsp3) is 0.238. The Morgan fingerprint density at radius 2 is 1.46 bits per heavy atom. The number of benzene rings is 2. The Kier molecular flexibility index (Phi) is 8.50. The van der Waals surface area contributed by atoms with Crippen molar-refractivity contribution in [3.05, 3.63) is 65.7 Å². The number of halogens is 1. The molecular weight excluding hydrogens is 380 g/mol. The highest BCUT2D eigenvalue weighted by molar-refractivity contribution is 6.17. The van der Waals surface area contributed by atoms with E-state index >= 15 is 0 Å². The van der Waals surface area contributed by atoms with Gasteiger partial charge in [-0.15, -0.1) is 11.6 Å². The van der Waals surface area contributed by atoms with Gasteiger partial charge in [-0.3, -0.25) is 9.59 Å². The summed E-state index contributed by atoms with van der Waals surface area (Å²) in [5.41, 5.74) is 2.05. The molecule has 2 amide bonds. The van der Waals surface area contributed by atoms with Gasteiger partial charge in [-0.1, -0.05) is 30.0 Å². The predicted molar refractivity (Wildman–Crippen MR) is 108 cm³/mol. The van der Waals surface area contributed by atoms with Gasteiger partial charge < -0.3 is 20.8 Å². The Balaban J connectivity index is 1.91. The quantitative estimate of drug-likeness (QED) is 0.321. The highest BCUT2D eigenvalue weighted by Crippen LogP contribution is 2.10. The molecule has 0 radical (unpaired) electrons. The van der Waals surface area contributed by atoms with Crippen LogP contribution in [0.5, 0.6) is 0 Å². The number of aliphatic hydroxyl groups is 2. The maximum Gasteiger partial charge on any atom is 0.256 e. The van der Waals surface area contributed by atoms with Crippen LogP contribution < -0.4 is 10.6 Å². The smallest absolute Gasteiger partial charge is 0.256 e. The molecule has 0 fully saturated rings. The van der Waals surface area contributed by atoms with Crippen LogP contribution in [-0.4, -0.2) is 46.7 Å². The zero-order valence-electron chi connectivity index (χ0n) is 15.1. The Morgan fingerprint density at radius 1 is 0.893 bits per heavy atom. The molecule has 0 heterocycles. The van der Waals surface area contributed by atoms with E-state index in [9.17, 15) is 19.8 Å². The van der Waals surface area contributed by atoms with Gasteiger partial charge in [0.2, 0.25) is 0 Å². The molecule has 0 spiro atoms. The number of hydrogen-bond acceptors (Lipinski definition) is 4. The van der Waals surface area contributed by atoms with E-state index in [2.05, 4.69) is 22.5 Å². The predicted octanol–water partition coefficient (Wildman–Crippen LogP) is 1.49. The van der Waals surface area contributed by atoms with Crippen molar-refractivity contribution in [1.29, 1.82) is 0 Å². The molecule has 0 aromatic heterocycles. The monoisotopic (exact) mass is 400 g/mol. The highest BCUT2D eigenvalue weighted by Gasteiger charge is 2.30. The van der Waals surface area contributed by atoms with Crippen molar-refractivity contribution in [2.24, 2.45) is 0 Å². The molecule has 0 saturated heterocycles. The van der Waals surface area contributed by atoms with Gasteiger partial charge in [0.1, 0.15) is 0 Å². The molecular formula is C21H21ClN2O4. The molecule has 2 aromatic carbocycles. The molecule has 0 aliphatic heterocycles. The van der Waals surface area contributed by atoms with Crippen LogP contribution >= 0.6 is 11.6 Å². The average Bonchev–Trinajstić information content (AvgIpc) is 2.73. The molecule has 2 atom stereocenters. The summed E-state index contributed by atoms with van der Waals surface area (Å²) in [5, 5.41) is 24.5. The average molecular weight is 401 g/mol. The van der Waals surface area contributed by atoms with Crippen molar-refractivity contribution < 1.29 is 19.8 Å². The molecule has 2 rings (SSSR count). The zero-order valence-corrected chi connectivity index (χ0v) is 15.8. The standard InChI is InChI=1S/C21H21ClN2O4/c22-13-4-14-23-20(27)18(25)19(26)21(28)24-17-11-9-16(10-12-17)8-7-15-5-2-1-3-6-15/h1-3,5-6,9-12,18-19,25-26H,4,13-14H2,(H,23,27)(H,24,28)/t18-,19-/m1/s1. The lowest BCUT2D eigenvalue weighted by molar-refractivity contribution is -0.143. The van der Waals surface area contributed by atoms with Crippen LogP contribution in [0.2, 0.25) is 0 Å². The molecule has 4 N–H and O–H groups in total. The topological polar surface area (TPSA) is 98.7 Å². The largest absolute Gasteiger partial charge is 0.380 e. The van der Waals surface area contributed by atoms with Crippen molar-refractivity contribution in [3.63, 3.8) is 0 Å². The minimum Gasteiger partial charge on any atom is -0.380 e. The van der Waals surface area contributed by atoms with Gasteiger partial charge in [0.25, 0.3) is 11.8 Å². The van der Waals surface area contributed by atoms with Gasteiger partial charge in [-0.05, 0) is 42.8 Å². The number of alkyl halides is 1. The number of aliphatic hydroxyl groups excluding tert-OH is 2. The van der Waals surface area contributed by atoms with Crippen LogP contribution in [-0.2, 0) is 9.59 Å². The number of nitrogens with one attached hydrogen (secondary N) is 2. The summed E-state index contributed by atoms with van der Waals surface area (Å²) in [6, 6.07) is 16.2. The van der Waals surface area contributed by atoms with Crippen molar-refractivity contribution in [2.75, 3.05) is 17.7 Å². The lowest BCUT2D eigenvalue weighted by Gasteiger charge is -2.17. The summed E-state index contributed by atoms with van der Waals surface area (Å²) in [6.45, 7) is 0.249. The van der Waals surface area contributed by atoms with E-state index in [1.54, 1.807) is 24.3 Å². The van der Waals surface area contributed by atoms with Crippen molar-refractivity contribution >= 4 is 29.1 Å². The third kappa shape index (κ3) is 6.71. The van der Waals surface area contributed by atoms with Gasteiger partial charge in [0.15, 0.2) is 12.2 Å². The van der Waals surface area contributed by atoms with Crippen LogP contribution in [0, 0.1) is 11.8 Å². The number of anilines is 1. The Bertz CT molecular complexity index is 844. The van der Waals surface area contributed by atoms with Crippen LogP contribution in [0.3, 0.4) is 0 Å². The fourth-order valence-corrected chi connectivity index (χ4v) is 2.32. The minimum absolute atomic E-state index is 0.249. The summed E-state index contributed by atoms with van der Waals surface area (Å²) in [5.74, 6) is 4.66. The zero-order chi connectivity index (χ0) is 20.4. The van der Waals surface area contributed by atoms with Crippen molar-refractivity contribution in [1.82, 2.24) is 5.32 Å². The molecule has 28 heavy (non-hydrogen) atoms. The molecule has 0 bridgehead atoms. The molecule has 146 valence electrons. The van der Waals surface area contributed by atoms with Crippen LogP contribution in [0.4, 0.5) is 5.69 Å². The van der Waals surface area contributed by atoms with E-state index in [0.717, 1.165) is 11.1 Å². The first-order valence-corrected chi connectivity index (χ1v) is 9.22. The third-order valence-corrected chi connectivity index (χ3v) is 3.99. The van der Waals surface area contributed by atoms with E-state index in [1.165, 1.54) is 0 Å². The second-order valence-electron chi connectivity index (χ2n) is 5.91. The summed E-state index contributed by atoms with van der Waals surface area (Å²) >= 11 is 5.49. The summed E-state index contributed by atoms with van der Waals surface area (Å²) in [6.07, 6.45) is -3.25. The van der Waals surface area contributed by atoms with E-state index in [0.29, 0.717) is 18.0 Å². The van der Waals surface area contributed by atoms with Gasteiger partial charge >= 0.3 is 0 Å².